The summed E-state index contributed by atoms with van der Waals surface area (Å²) in [6.45, 7) is 8.83. The summed E-state index contributed by atoms with van der Waals surface area (Å²) in [5.41, 5.74) is 0. The van der Waals surface area contributed by atoms with E-state index in [2.05, 4.69) is 28.9 Å². The van der Waals surface area contributed by atoms with Crippen LogP contribution in [0.5, 0.6) is 0 Å². The van der Waals surface area contributed by atoms with E-state index in [-0.39, 0.29) is 12.8 Å². The Morgan fingerprint density at radius 1 is 0.976 bits per heavy atom. The number of hydrogen-bond acceptors (Lipinski definition) is 10. The molecule has 1 fully saturated rings. The maximum absolute atomic E-state index is 13.5. The van der Waals surface area contributed by atoms with Crippen LogP contribution in [0.15, 0.2) is 10.3 Å². The molecule has 0 bridgehead atoms. The van der Waals surface area contributed by atoms with Gasteiger partial charge in [0.2, 0.25) is 6.29 Å². The quantitative estimate of drug-likeness (QED) is 0.129. The highest BCUT2D eigenvalue weighted by Gasteiger charge is 2.55. The highest BCUT2D eigenvalue weighted by atomic mass is 32.2. The molecule has 17 heteroatoms. The van der Waals surface area contributed by atoms with Crippen LogP contribution in [0.1, 0.15) is 60.8 Å². The normalized spacial score (nSPS) is 24.1. The Labute approximate surface area is 238 Å². The summed E-state index contributed by atoms with van der Waals surface area (Å²) in [7, 11) is -1.44. The molecule has 0 radical (unpaired) electrons. The highest BCUT2D eigenvalue weighted by Crippen LogP contribution is 2.40. The molecule has 41 heavy (non-hydrogen) atoms. The third kappa shape index (κ3) is 14.4. The standard InChI is InChI=1S/C9H17F2NO4S.C8H15F2NO2.C7H12F2O2/c1-5-8(16-17(4,13)14)7(2)9(10,11)6-12-15-3;1-4-7(12)6(2)8(9,10)5-11-13-3;1-3-5-4(2)7(8,9)6(10)11-5/h6-8H,5H2,1-4H3;5-7,12H,4H2,1-3H3;4-6,10H,3H2,1-2H3/b12-6+;11-5+;/t7-,8-;6-,7-;4-,5-,6?/m111/s1. The van der Waals surface area contributed by atoms with Crippen LogP contribution >= 0.6 is 0 Å². The zero-order chi connectivity index (χ0) is 32.8. The van der Waals surface area contributed by atoms with E-state index in [1.165, 1.54) is 27.9 Å². The predicted molar refractivity (Wildman–Crippen MR) is 141 cm³/mol. The van der Waals surface area contributed by atoms with Crippen molar-refractivity contribution in [1.29, 1.82) is 0 Å². The van der Waals surface area contributed by atoms with E-state index in [1.54, 1.807) is 20.8 Å². The van der Waals surface area contributed by atoms with Crippen molar-refractivity contribution < 1.29 is 63.6 Å². The Bertz CT molecular complexity index is 895. The van der Waals surface area contributed by atoms with E-state index in [9.17, 15) is 39.9 Å². The van der Waals surface area contributed by atoms with Gasteiger partial charge < -0.3 is 24.6 Å². The van der Waals surface area contributed by atoms with Crippen molar-refractivity contribution in [2.24, 2.45) is 28.1 Å². The van der Waals surface area contributed by atoms with Crippen molar-refractivity contribution in [3.05, 3.63) is 0 Å². The summed E-state index contributed by atoms with van der Waals surface area (Å²) in [5.74, 6) is -12.9. The zero-order valence-electron chi connectivity index (χ0n) is 24.7. The van der Waals surface area contributed by atoms with Crippen LogP contribution in [0.2, 0.25) is 0 Å². The monoisotopic (exact) mass is 634 g/mol. The number of hydrogen-bond donors (Lipinski definition) is 2. The summed E-state index contributed by atoms with van der Waals surface area (Å²) in [6.07, 6.45) is -2.05. The smallest absolute Gasteiger partial charge is 0.302 e. The minimum absolute atomic E-state index is 0.144. The van der Waals surface area contributed by atoms with Crippen LogP contribution in [0, 0.1) is 17.8 Å². The second-order valence-electron chi connectivity index (χ2n) is 9.38. The van der Waals surface area contributed by atoms with Gasteiger partial charge in [-0.2, -0.15) is 26.0 Å². The van der Waals surface area contributed by atoms with E-state index < -0.39 is 70.2 Å². The van der Waals surface area contributed by atoms with Crippen LogP contribution in [-0.2, 0) is 28.7 Å². The Morgan fingerprint density at radius 3 is 1.68 bits per heavy atom. The van der Waals surface area contributed by atoms with Crippen molar-refractivity contribution in [2.45, 2.75) is 103 Å². The summed E-state index contributed by atoms with van der Waals surface area (Å²) in [5, 5.41) is 23.9. The molecule has 246 valence electrons. The lowest BCUT2D eigenvalue weighted by Crippen LogP contribution is -2.38. The molecule has 2 N–H and O–H groups in total. The van der Waals surface area contributed by atoms with E-state index in [0.717, 1.165) is 13.4 Å². The molecule has 1 heterocycles. The fraction of sp³-hybridized carbons (Fsp3) is 0.917. The first-order chi connectivity index (χ1) is 18.6. The average molecular weight is 635 g/mol. The summed E-state index contributed by atoms with van der Waals surface area (Å²) >= 11 is 0. The molecule has 1 unspecified atom stereocenters. The number of rotatable bonds is 13. The van der Waals surface area contributed by atoms with Crippen molar-refractivity contribution in [1.82, 2.24) is 0 Å². The number of ether oxygens (including phenoxy) is 1. The molecule has 0 amide bonds. The number of aliphatic hydroxyl groups excluding tert-OH is 2. The van der Waals surface area contributed by atoms with E-state index in [1.807, 2.05) is 0 Å². The van der Waals surface area contributed by atoms with Crippen LogP contribution in [0.25, 0.3) is 0 Å². The third-order valence-corrected chi connectivity index (χ3v) is 6.93. The van der Waals surface area contributed by atoms with Gasteiger partial charge in [-0.1, -0.05) is 51.9 Å². The Balaban J connectivity index is 0. The molecule has 0 aromatic heterocycles. The molecular formula is C24H44F6N2O8S. The zero-order valence-corrected chi connectivity index (χ0v) is 25.5. The number of aliphatic hydroxyl groups is 2. The van der Waals surface area contributed by atoms with E-state index in [0.29, 0.717) is 18.9 Å². The van der Waals surface area contributed by atoms with Crippen LogP contribution in [-0.4, -0.2) is 93.9 Å². The van der Waals surface area contributed by atoms with Crippen molar-refractivity contribution in [3.63, 3.8) is 0 Å². The fourth-order valence-corrected chi connectivity index (χ4v) is 4.12. The maximum atomic E-state index is 13.5. The Hall–Kier alpha value is -1.69. The van der Waals surface area contributed by atoms with E-state index >= 15 is 0 Å². The van der Waals surface area contributed by atoms with Gasteiger partial charge in [-0.3, -0.25) is 4.18 Å². The first kappa shape index (κ1) is 41.4. The van der Waals surface area contributed by atoms with E-state index in [4.69, 9.17) is 5.11 Å². The molecular weight excluding hydrogens is 590 g/mol. The first-order valence-electron chi connectivity index (χ1n) is 12.8. The van der Waals surface area contributed by atoms with Gasteiger partial charge in [0.25, 0.3) is 22.0 Å². The van der Waals surface area contributed by atoms with Gasteiger partial charge in [-0.25, -0.2) is 8.78 Å². The third-order valence-electron chi connectivity index (χ3n) is 6.33. The molecule has 1 aliphatic heterocycles. The summed E-state index contributed by atoms with van der Waals surface area (Å²) < 4.78 is 110. The highest BCUT2D eigenvalue weighted by molar-refractivity contribution is 7.86. The molecule has 0 aliphatic carbocycles. The molecule has 0 saturated carbocycles. The SMILES string of the molecule is CC[C@@H](O)[C@@H](C)C(F)(F)/C=N/OC.CC[C@@H](OS(C)(=O)=O)[C@@H](C)C(F)(F)/C=N/OC.CC[C@H]1OC(O)C(F)(F)[C@@H]1C. The molecule has 0 aromatic rings. The first-order valence-corrected chi connectivity index (χ1v) is 14.6. The maximum Gasteiger partial charge on any atom is 0.302 e. The second kappa shape index (κ2) is 18.1. The topological polar surface area (TPSA) is 136 Å². The molecule has 1 rings (SSSR count). The lowest BCUT2D eigenvalue weighted by Gasteiger charge is -2.26. The minimum atomic E-state index is -3.77. The van der Waals surface area contributed by atoms with Gasteiger partial charge in [0.15, 0.2) is 0 Å². The largest absolute Gasteiger partial charge is 0.399 e. The van der Waals surface area contributed by atoms with Crippen LogP contribution < -0.4 is 0 Å². The Morgan fingerprint density at radius 2 is 1.41 bits per heavy atom. The molecule has 1 saturated heterocycles. The van der Waals surface area contributed by atoms with Crippen molar-refractivity contribution >= 4 is 22.5 Å². The van der Waals surface area contributed by atoms with Crippen LogP contribution in [0.4, 0.5) is 26.3 Å². The van der Waals surface area contributed by atoms with Gasteiger partial charge in [0.05, 0.1) is 42.3 Å². The molecule has 10 nitrogen and oxygen atoms in total. The van der Waals surface area contributed by atoms with Gasteiger partial charge in [0.1, 0.15) is 26.6 Å². The molecule has 7 atom stereocenters. The molecule has 0 aromatic carbocycles. The fourth-order valence-electron chi connectivity index (χ4n) is 3.37. The number of oxime groups is 2. The summed E-state index contributed by atoms with van der Waals surface area (Å²) in [4.78, 5) is 8.32. The molecule has 1 aliphatic rings. The van der Waals surface area contributed by atoms with Gasteiger partial charge >= 0.3 is 5.92 Å². The van der Waals surface area contributed by atoms with Crippen molar-refractivity contribution in [3.8, 4) is 0 Å². The van der Waals surface area contributed by atoms with Gasteiger partial charge in [-0.15, -0.1) is 0 Å². The van der Waals surface area contributed by atoms with Crippen molar-refractivity contribution in [2.75, 3.05) is 20.5 Å². The molecule has 0 spiro atoms. The van der Waals surface area contributed by atoms with Gasteiger partial charge in [-0.05, 0) is 19.3 Å². The summed E-state index contributed by atoms with van der Waals surface area (Å²) in [6, 6.07) is 0. The number of alkyl halides is 6. The average Bonchev–Trinajstić information content (AvgIpc) is 3.10. The minimum Gasteiger partial charge on any atom is -0.399 e. The van der Waals surface area contributed by atoms with Gasteiger partial charge in [0, 0.05) is 0 Å². The van der Waals surface area contributed by atoms with Crippen LogP contribution in [0.3, 0.4) is 0 Å². The lowest BCUT2D eigenvalue weighted by molar-refractivity contribution is -0.191. The Kier molecular flexibility index (Phi) is 18.3. The number of halogens is 6. The second-order valence-corrected chi connectivity index (χ2v) is 11.0. The lowest BCUT2D eigenvalue weighted by atomic mass is 9.96. The predicted octanol–water partition coefficient (Wildman–Crippen LogP) is 4.69. The number of nitrogens with zero attached hydrogens (tertiary/aromatic N) is 2.